The van der Waals surface area contributed by atoms with Crippen LogP contribution in [0.4, 0.5) is 0 Å². The fourth-order valence-electron chi connectivity index (χ4n) is 2.36. The lowest BCUT2D eigenvalue weighted by Crippen LogP contribution is -2.22. The Bertz CT molecular complexity index is 856. The lowest BCUT2D eigenvalue weighted by atomic mass is 10.2. The standard InChI is InChI=1S/C17H17N3O2S/c21-16(18-11-12-5-4-10-23-12)9-3-8-15-19-14-7-2-1-6-13(14)17(22)20-15/h1-2,4-7,10H,3,8-9,11H2,(H,18,21)(H,19,20,22). The van der Waals surface area contributed by atoms with Crippen molar-refractivity contribution in [1.29, 1.82) is 0 Å². The first kappa shape index (κ1) is 15.4. The maximum atomic E-state index is 12.0. The van der Waals surface area contributed by atoms with E-state index in [1.807, 2.05) is 35.7 Å². The van der Waals surface area contributed by atoms with E-state index >= 15 is 0 Å². The second kappa shape index (κ2) is 7.19. The molecule has 5 nitrogen and oxygen atoms in total. The molecule has 0 saturated heterocycles. The van der Waals surface area contributed by atoms with Crippen LogP contribution in [0, 0.1) is 0 Å². The van der Waals surface area contributed by atoms with Crippen LogP contribution in [-0.4, -0.2) is 15.9 Å². The Morgan fingerprint density at radius 1 is 1.22 bits per heavy atom. The SMILES string of the molecule is O=C(CCCc1nc2ccccc2c(=O)[nH]1)NCc1cccs1. The summed E-state index contributed by atoms with van der Waals surface area (Å²) >= 11 is 1.62. The first-order valence-electron chi connectivity index (χ1n) is 7.49. The summed E-state index contributed by atoms with van der Waals surface area (Å²) in [5, 5.41) is 5.47. The van der Waals surface area contributed by atoms with Gasteiger partial charge in [-0.3, -0.25) is 9.59 Å². The van der Waals surface area contributed by atoms with Gasteiger partial charge < -0.3 is 10.3 Å². The van der Waals surface area contributed by atoms with Crippen LogP contribution in [-0.2, 0) is 17.8 Å². The van der Waals surface area contributed by atoms with Gasteiger partial charge in [0.1, 0.15) is 5.82 Å². The molecule has 0 unspecified atom stereocenters. The lowest BCUT2D eigenvalue weighted by Gasteiger charge is -2.04. The molecule has 23 heavy (non-hydrogen) atoms. The molecule has 118 valence electrons. The average Bonchev–Trinajstić information content (AvgIpc) is 3.06. The normalized spacial score (nSPS) is 10.8. The number of benzene rings is 1. The molecule has 0 fully saturated rings. The van der Waals surface area contributed by atoms with Crippen LogP contribution in [0.15, 0.2) is 46.6 Å². The summed E-state index contributed by atoms with van der Waals surface area (Å²) in [4.78, 5) is 32.1. The van der Waals surface area contributed by atoms with Crippen LogP contribution in [0.3, 0.4) is 0 Å². The van der Waals surface area contributed by atoms with E-state index in [1.54, 1.807) is 17.4 Å². The van der Waals surface area contributed by atoms with Crippen molar-refractivity contribution in [2.24, 2.45) is 0 Å². The Hall–Kier alpha value is -2.47. The molecule has 0 saturated carbocycles. The molecule has 1 aromatic carbocycles. The van der Waals surface area contributed by atoms with Crippen molar-refractivity contribution in [1.82, 2.24) is 15.3 Å². The van der Waals surface area contributed by atoms with Gasteiger partial charge in [0.2, 0.25) is 5.91 Å². The number of hydrogen-bond donors (Lipinski definition) is 2. The zero-order chi connectivity index (χ0) is 16.1. The first-order valence-corrected chi connectivity index (χ1v) is 8.37. The van der Waals surface area contributed by atoms with Gasteiger partial charge in [-0.05, 0) is 30.0 Å². The number of nitrogens with zero attached hydrogens (tertiary/aromatic N) is 1. The third-order valence-electron chi connectivity index (χ3n) is 3.52. The number of fused-ring (bicyclic) bond motifs is 1. The van der Waals surface area contributed by atoms with Gasteiger partial charge in [0.05, 0.1) is 17.4 Å². The fraction of sp³-hybridized carbons (Fsp3) is 0.235. The smallest absolute Gasteiger partial charge is 0.258 e. The predicted octanol–water partition coefficient (Wildman–Crippen LogP) is 2.62. The Labute approximate surface area is 137 Å². The Morgan fingerprint density at radius 3 is 2.91 bits per heavy atom. The fourth-order valence-corrected chi connectivity index (χ4v) is 3.00. The first-order chi connectivity index (χ1) is 11.2. The maximum absolute atomic E-state index is 12.0. The maximum Gasteiger partial charge on any atom is 0.258 e. The van der Waals surface area contributed by atoms with E-state index in [2.05, 4.69) is 15.3 Å². The molecular formula is C17H17N3O2S. The number of thiophene rings is 1. The van der Waals surface area contributed by atoms with Crippen LogP contribution in [0.5, 0.6) is 0 Å². The number of carbonyl (C=O) groups excluding carboxylic acids is 1. The highest BCUT2D eigenvalue weighted by molar-refractivity contribution is 7.09. The number of aryl methyl sites for hydroxylation is 1. The molecule has 0 aliphatic carbocycles. The zero-order valence-electron chi connectivity index (χ0n) is 12.5. The van der Waals surface area contributed by atoms with E-state index in [0.717, 1.165) is 4.88 Å². The number of nitrogens with one attached hydrogen (secondary N) is 2. The number of carbonyl (C=O) groups is 1. The van der Waals surface area contributed by atoms with Crippen LogP contribution in [0.1, 0.15) is 23.5 Å². The molecule has 6 heteroatoms. The summed E-state index contributed by atoms with van der Waals surface area (Å²) in [5.41, 5.74) is 0.557. The quantitative estimate of drug-likeness (QED) is 0.731. The molecule has 2 aromatic heterocycles. The van der Waals surface area contributed by atoms with Gasteiger partial charge in [0.25, 0.3) is 5.56 Å². The summed E-state index contributed by atoms with van der Waals surface area (Å²) in [6.07, 6.45) is 1.64. The lowest BCUT2D eigenvalue weighted by molar-refractivity contribution is -0.121. The summed E-state index contributed by atoms with van der Waals surface area (Å²) < 4.78 is 0. The molecule has 0 bridgehead atoms. The summed E-state index contributed by atoms with van der Waals surface area (Å²) in [6, 6.07) is 11.2. The van der Waals surface area contributed by atoms with Crippen molar-refractivity contribution in [3.63, 3.8) is 0 Å². The van der Waals surface area contributed by atoms with Crippen molar-refractivity contribution >= 4 is 28.1 Å². The molecule has 3 rings (SSSR count). The number of hydrogen-bond acceptors (Lipinski definition) is 4. The van der Waals surface area contributed by atoms with Gasteiger partial charge in [-0.15, -0.1) is 11.3 Å². The number of para-hydroxylation sites is 1. The number of amides is 1. The van der Waals surface area contributed by atoms with Crippen LogP contribution in [0.2, 0.25) is 0 Å². The summed E-state index contributed by atoms with van der Waals surface area (Å²) in [5.74, 6) is 0.640. The second-order valence-electron chi connectivity index (χ2n) is 5.24. The molecule has 0 aliphatic heterocycles. The third kappa shape index (κ3) is 4.04. The Kier molecular flexibility index (Phi) is 4.83. The molecule has 2 N–H and O–H groups in total. The van der Waals surface area contributed by atoms with Gasteiger partial charge in [0, 0.05) is 17.7 Å². The highest BCUT2D eigenvalue weighted by atomic mass is 32.1. The third-order valence-corrected chi connectivity index (χ3v) is 4.40. The van der Waals surface area contributed by atoms with Gasteiger partial charge in [-0.2, -0.15) is 0 Å². The number of aromatic nitrogens is 2. The van der Waals surface area contributed by atoms with E-state index in [9.17, 15) is 9.59 Å². The molecule has 0 spiro atoms. The van der Waals surface area contributed by atoms with E-state index in [0.29, 0.717) is 42.5 Å². The minimum atomic E-state index is -0.132. The average molecular weight is 327 g/mol. The van der Waals surface area contributed by atoms with E-state index in [-0.39, 0.29) is 11.5 Å². The second-order valence-corrected chi connectivity index (χ2v) is 6.27. The van der Waals surface area contributed by atoms with Gasteiger partial charge in [-0.25, -0.2) is 4.98 Å². The zero-order valence-corrected chi connectivity index (χ0v) is 13.4. The van der Waals surface area contributed by atoms with Crippen LogP contribution >= 0.6 is 11.3 Å². The predicted molar refractivity (Wildman–Crippen MR) is 91.5 cm³/mol. The van der Waals surface area contributed by atoms with Crippen LogP contribution < -0.4 is 10.9 Å². The summed E-state index contributed by atoms with van der Waals surface area (Å²) in [7, 11) is 0. The topological polar surface area (TPSA) is 74.8 Å². The molecular weight excluding hydrogens is 310 g/mol. The van der Waals surface area contributed by atoms with E-state index in [1.165, 1.54) is 0 Å². The van der Waals surface area contributed by atoms with Crippen molar-refractivity contribution in [3.05, 3.63) is 62.8 Å². The minimum Gasteiger partial charge on any atom is -0.351 e. The Balaban J connectivity index is 1.52. The molecule has 1 amide bonds. The van der Waals surface area contributed by atoms with Crippen molar-refractivity contribution < 1.29 is 4.79 Å². The largest absolute Gasteiger partial charge is 0.351 e. The molecule has 0 radical (unpaired) electrons. The Morgan fingerprint density at radius 2 is 2.09 bits per heavy atom. The molecule has 0 aliphatic rings. The highest BCUT2D eigenvalue weighted by Crippen LogP contribution is 2.09. The summed E-state index contributed by atoms with van der Waals surface area (Å²) in [6.45, 7) is 0.571. The number of aromatic amines is 1. The monoisotopic (exact) mass is 327 g/mol. The van der Waals surface area contributed by atoms with E-state index < -0.39 is 0 Å². The van der Waals surface area contributed by atoms with Crippen LogP contribution in [0.25, 0.3) is 10.9 Å². The molecule has 3 aromatic rings. The number of H-pyrrole nitrogens is 1. The van der Waals surface area contributed by atoms with Gasteiger partial charge in [-0.1, -0.05) is 18.2 Å². The highest BCUT2D eigenvalue weighted by Gasteiger charge is 2.06. The van der Waals surface area contributed by atoms with Gasteiger partial charge in [0.15, 0.2) is 0 Å². The molecule has 0 atom stereocenters. The van der Waals surface area contributed by atoms with Crippen molar-refractivity contribution in [3.8, 4) is 0 Å². The number of rotatable bonds is 6. The molecule has 2 heterocycles. The van der Waals surface area contributed by atoms with Crippen molar-refractivity contribution in [2.75, 3.05) is 0 Å². The van der Waals surface area contributed by atoms with E-state index in [4.69, 9.17) is 0 Å². The van der Waals surface area contributed by atoms with Gasteiger partial charge >= 0.3 is 0 Å². The minimum absolute atomic E-state index is 0.0153. The van der Waals surface area contributed by atoms with Crippen molar-refractivity contribution in [2.45, 2.75) is 25.8 Å².